The Kier molecular flexibility index (Phi) is 6.22. The highest BCUT2D eigenvalue weighted by Crippen LogP contribution is 2.31. The summed E-state index contributed by atoms with van der Waals surface area (Å²) in [6.07, 6.45) is 0.160. The third kappa shape index (κ3) is 4.29. The van der Waals surface area contributed by atoms with Crippen molar-refractivity contribution >= 4 is 41.3 Å². The summed E-state index contributed by atoms with van der Waals surface area (Å²) in [5.74, 6) is -2.58. The van der Waals surface area contributed by atoms with E-state index in [9.17, 15) is 24.3 Å². The molecule has 1 saturated heterocycles. The van der Waals surface area contributed by atoms with Gasteiger partial charge in [0.2, 0.25) is 0 Å². The quantitative estimate of drug-likeness (QED) is 0.442. The van der Waals surface area contributed by atoms with E-state index < -0.39 is 29.9 Å². The van der Waals surface area contributed by atoms with Crippen molar-refractivity contribution in [2.24, 2.45) is 0 Å². The van der Waals surface area contributed by atoms with Crippen molar-refractivity contribution in [3.63, 3.8) is 0 Å². The van der Waals surface area contributed by atoms with Gasteiger partial charge in [0.15, 0.2) is 6.10 Å². The molecule has 0 unspecified atom stereocenters. The van der Waals surface area contributed by atoms with Crippen LogP contribution < -0.4 is 14.5 Å². The summed E-state index contributed by atoms with van der Waals surface area (Å²) in [5.41, 5.74) is 0.663. The summed E-state index contributed by atoms with van der Waals surface area (Å²) >= 11 is 0. The number of para-hydroxylation sites is 3. The molecule has 0 spiro atoms. The van der Waals surface area contributed by atoms with E-state index in [1.807, 2.05) is 0 Å². The number of urea groups is 1. The molecule has 4 rings (SSSR count). The molecule has 4 amide bonds. The van der Waals surface area contributed by atoms with Crippen LogP contribution in [-0.2, 0) is 14.4 Å². The fourth-order valence-corrected chi connectivity index (χ4v) is 3.44. The highest BCUT2D eigenvalue weighted by atomic mass is 16.5. The molecule has 0 radical (unpaired) electrons. The van der Waals surface area contributed by atoms with Gasteiger partial charge in [-0.05, 0) is 43.3 Å². The number of carbonyl (C=O) groups excluding carboxylic acids is 3. The predicted molar refractivity (Wildman–Crippen MR) is 125 cm³/mol. The number of barbiturate groups is 1. The predicted octanol–water partition coefficient (Wildman–Crippen LogP) is 4.12. The van der Waals surface area contributed by atoms with E-state index in [-0.39, 0.29) is 11.3 Å². The standard InChI is InChI=1S/C26H20N2O6/c1-17(25(31)32)34-22-15-9-8-10-18(22)16-21-23(29)27(19-11-4-2-5-12-19)26(33)28(24(21)30)20-13-6-3-7-14-20/h2-17H,1H3,(H,31,32)/t17-/m0/s1. The summed E-state index contributed by atoms with van der Waals surface area (Å²) in [5, 5.41) is 9.19. The molecule has 1 aliphatic heterocycles. The van der Waals surface area contributed by atoms with Crippen LogP contribution in [0.5, 0.6) is 5.75 Å². The lowest BCUT2D eigenvalue weighted by Crippen LogP contribution is -2.57. The van der Waals surface area contributed by atoms with E-state index in [1.165, 1.54) is 13.0 Å². The first kappa shape index (κ1) is 22.5. The third-order valence-corrected chi connectivity index (χ3v) is 5.15. The first-order chi connectivity index (χ1) is 16.4. The molecule has 8 heteroatoms. The summed E-state index contributed by atoms with van der Waals surface area (Å²) in [4.78, 5) is 53.3. The third-order valence-electron chi connectivity index (χ3n) is 5.15. The Morgan fingerprint density at radius 1 is 0.794 bits per heavy atom. The molecule has 3 aromatic carbocycles. The number of rotatable bonds is 6. The van der Waals surface area contributed by atoms with E-state index in [2.05, 4.69) is 0 Å². The topological polar surface area (TPSA) is 104 Å². The second-order valence-electron chi connectivity index (χ2n) is 7.43. The lowest BCUT2D eigenvalue weighted by Gasteiger charge is -2.34. The monoisotopic (exact) mass is 456 g/mol. The van der Waals surface area contributed by atoms with E-state index in [0.29, 0.717) is 16.9 Å². The molecule has 0 bridgehead atoms. The number of hydrogen-bond acceptors (Lipinski definition) is 5. The van der Waals surface area contributed by atoms with Crippen LogP contribution in [0.2, 0.25) is 0 Å². The number of anilines is 2. The number of imide groups is 2. The Balaban J connectivity index is 1.84. The van der Waals surface area contributed by atoms with Crippen LogP contribution in [0.15, 0.2) is 90.5 Å². The minimum atomic E-state index is -1.16. The van der Waals surface area contributed by atoms with Gasteiger partial charge in [-0.25, -0.2) is 19.4 Å². The van der Waals surface area contributed by atoms with Gasteiger partial charge in [0.05, 0.1) is 11.4 Å². The second-order valence-corrected chi connectivity index (χ2v) is 7.43. The largest absolute Gasteiger partial charge is 0.479 e. The van der Waals surface area contributed by atoms with Gasteiger partial charge in [-0.15, -0.1) is 0 Å². The van der Waals surface area contributed by atoms with Gasteiger partial charge >= 0.3 is 12.0 Å². The van der Waals surface area contributed by atoms with Crippen molar-refractivity contribution in [1.29, 1.82) is 0 Å². The summed E-state index contributed by atoms with van der Waals surface area (Å²) < 4.78 is 5.50. The molecule has 0 aromatic heterocycles. The molecule has 1 fully saturated rings. The highest BCUT2D eigenvalue weighted by molar-refractivity contribution is 6.46. The first-order valence-corrected chi connectivity index (χ1v) is 10.4. The van der Waals surface area contributed by atoms with Crippen molar-refractivity contribution in [2.45, 2.75) is 13.0 Å². The Bertz CT molecular complexity index is 1220. The Labute approximate surface area is 195 Å². The van der Waals surface area contributed by atoms with E-state index in [1.54, 1.807) is 84.9 Å². The van der Waals surface area contributed by atoms with Crippen LogP contribution in [-0.4, -0.2) is 35.0 Å². The van der Waals surface area contributed by atoms with E-state index >= 15 is 0 Å². The Morgan fingerprint density at radius 3 is 1.76 bits per heavy atom. The van der Waals surface area contributed by atoms with Gasteiger partial charge in [0, 0.05) is 5.56 Å². The van der Waals surface area contributed by atoms with Crippen LogP contribution in [0.3, 0.4) is 0 Å². The molecule has 1 N–H and O–H groups in total. The summed E-state index contributed by atoms with van der Waals surface area (Å²) in [6, 6.07) is 22.2. The smallest absolute Gasteiger partial charge is 0.344 e. The fourth-order valence-electron chi connectivity index (χ4n) is 3.44. The molecule has 1 aliphatic rings. The van der Waals surface area contributed by atoms with Crippen molar-refractivity contribution in [3.8, 4) is 5.75 Å². The molecular weight excluding hydrogens is 436 g/mol. The number of hydrogen-bond donors (Lipinski definition) is 1. The van der Waals surface area contributed by atoms with Gasteiger partial charge in [-0.3, -0.25) is 9.59 Å². The number of nitrogens with zero attached hydrogens (tertiary/aromatic N) is 2. The molecule has 170 valence electrons. The minimum absolute atomic E-state index is 0.180. The van der Waals surface area contributed by atoms with E-state index in [4.69, 9.17) is 4.74 Å². The number of aliphatic carboxylic acids is 1. The van der Waals surface area contributed by atoms with Gasteiger partial charge < -0.3 is 9.84 Å². The van der Waals surface area contributed by atoms with Crippen LogP contribution in [0, 0.1) is 0 Å². The average molecular weight is 456 g/mol. The Hall–Kier alpha value is -4.72. The lowest BCUT2D eigenvalue weighted by molar-refractivity contribution is -0.144. The number of carboxylic acids is 1. The maximum Gasteiger partial charge on any atom is 0.344 e. The summed E-state index contributed by atoms with van der Waals surface area (Å²) in [7, 11) is 0. The molecular formula is C26H20N2O6. The van der Waals surface area contributed by atoms with Crippen molar-refractivity contribution < 1.29 is 29.0 Å². The number of carboxylic acid groups (broad SMARTS) is 1. The molecule has 1 atom stereocenters. The van der Waals surface area contributed by atoms with Crippen LogP contribution >= 0.6 is 0 Å². The molecule has 0 aliphatic carbocycles. The average Bonchev–Trinajstić information content (AvgIpc) is 2.84. The van der Waals surface area contributed by atoms with Crippen LogP contribution in [0.25, 0.3) is 6.08 Å². The maximum atomic E-state index is 13.4. The molecule has 34 heavy (non-hydrogen) atoms. The lowest BCUT2D eigenvalue weighted by atomic mass is 10.0. The van der Waals surface area contributed by atoms with Crippen LogP contribution in [0.4, 0.5) is 16.2 Å². The number of ether oxygens (including phenoxy) is 1. The van der Waals surface area contributed by atoms with Gasteiger partial charge in [-0.2, -0.15) is 0 Å². The first-order valence-electron chi connectivity index (χ1n) is 10.4. The minimum Gasteiger partial charge on any atom is -0.479 e. The zero-order valence-electron chi connectivity index (χ0n) is 18.1. The number of amides is 4. The molecule has 3 aromatic rings. The second kappa shape index (κ2) is 9.41. The number of carbonyl (C=O) groups is 4. The van der Waals surface area contributed by atoms with Crippen molar-refractivity contribution in [3.05, 3.63) is 96.1 Å². The maximum absolute atomic E-state index is 13.4. The zero-order valence-corrected chi connectivity index (χ0v) is 18.1. The van der Waals surface area contributed by atoms with Crippen molar-refractivity contribution in [1.82, 2.24) is 0 Å². The fraction of sp³-hybridized carbons (Fsp3) is 0.0769. The number of benzene rings is 3. The van der Waals surface area contributed by atoms with E-state index in [0.717, 1.165) is 9.80 Å². The Morgan fingerprint density at radius 2 is 1.26 bits per heavy atom. The van der Waals surface area contributed by atoms with Crippen LogP contribution in [0.1, 0.15) is 12.5 Å². The normalized spacial score (nSPS) is 14.7. The van der Waals surface area contributed by atoms with Gasteiger partial charge in [-0.1, -0.05) is 54.6 Å². The highest BCUT2D eigenvalue weighted by Gasteiger charge is 2.43. The van der Waals surface area contributed by atoms with Gasteiger partial charge in [0.25, 0.3) is 11.8 Å². The zero-order chi connectivity index (χ0) is 24.2. The SMILES string of the molecule is C[C@H](Oc1ccccc1C=C1C(=O)N(c2ccccc2)C(=O)N(c2ccccc2)C1=O)C(=O)O. The molecule has 8 nitrogen and oxygen atoms in total. The van der Waals surface area contributed by atoms with Crippen molar-refractivity contribution in [2.75, 3.05) is 9.80 Å². The summed E-state index contributed by atoms with van der Waals surface area (Å²) in [6.45, 7) is 1.37. The molecule has 1 heterocycles. The van der Waals surface area contributed by atoms with Gasteiger partial charge in [0.1, 0.15) is 11.3 Å². The molecule has 0 saturated carbocycles.